The number of aromatic hydroxyl groups is 1. The van der Waals surface area contributed by atoms with E-state index >= 15 is 0 Å². The van der Waals surface area contributed by atoms with Gasteiger partial charge < -0.3 is 5.11 Å². The highest BCUT2D eigenvalue weighted by atomic mass is 79.9. The van der Waals surface area contributed by atoms with E-state index in [1.54, 1.807) is 17.8 Å². The molecule has 3 heteroatoms. The number of halogens is 1. The zero-order valence-electron chi connectivity index (χ0n) is 18.2. The molecule has 4 aliphatic rings. The van der Waals surface area contributed by atoms with Gasteiger partial charge in [0.25, 0.3) is 0 Å². The molecule has 0 amide bonds. The summed E-state index contributed by atoms with van der Waals surface area (Å²) in [4.78, 5) is 4.62. The lowest BCUT2D eigenvalue weighted by molar-refractivity contribution is -0.0281. The van der Waals surface area contributed by atoms with Crippen LogP contribution in [0.5, 0.6) is 5.75 Å². The molecule has 0 saturated heterocycles. The van der Waals surface area contributed by atoms with Crippen LogP contribution in [0, 0.1) is 11.8 Å². The van der Waals surface area contributed by atoms with Crippen molar-refractivity contribution >= 4 is 27.8 Å². The third kappa shape index (κ3) is 3.42. The highest BCUT2D eigenvalue weighted by Gasteiger charge is 2.58. The van der Waals surface area contributed by atoms with Gasteiger partial charge in [-0.3, -0.25) is 4.99 Å². The lowest BCUT2D eigenvalue weighted by atomic mass is 9.42. The van der Waals surface area contributed by atoms with E-state index in [0.29, 0.717) is 16.4 Å². The van der Waals surface area contributed by atoms with E-state index in [2.05, 4.69) is 75.5 Å². The predicted molar refractivity (Wildman–Crippen MR) is 134 cm³/mol. The smallest absolute Gasteiger partial charge is 0.124 e. The summed E-state index contributed by atoms with van der Waals surface area (Å²) in [7, 11) is 0. The Bertz CT molecular complexity index is 1150. The maximum absolute atomic E-state index is 10.1. The average Bonchev–Trinajstić information content (AvgIpc) is 2.80. The monoisotopic (exact) mass is 485 g/mol. The van der Waals surface area contributed by atoms with Gasteiger partial charge in [0.1, 0.15) is 5.75 Å². The molecule has 0 aliphatic heterocycles. The van der Waals surface area contributed by atoms with E-state index in [0.717, 1.165) is 22.0 Å². The van der Waals surface area contributed by atoms with E-state index in [-0.39, 0.29) is 5.75 Å². The Labute approximate surface area is 198 Å². The van der Waals surface area contributed by atoms with Gasteiger partial charge in [-0.05, 0) is 103 Å². The van der Waals surface area contributed by atoms with Crippen LogP contribution in [0.4, 0.5) is 5.69 Å². The van der Waals surface area contributed by atoms with Crippen molar-refractivity contribution in [1.82, 2.24) is 0 Å². The number of rotatable bonds is 4. The summed E-state index contributed by atoms with van der Waals surface area (Å²) in [6.07, 6.45) is 9.87. The van der Waals surface area contributed by atoms with E-state index in [9.17, 15) is 5.11 Å². The molecule has 2 unspecified atom stereocenters. The first-order valence-electron chi connectivity index (χ1n) is 11.7. The zero-order valence-corrected chi connectivity index (χ0v) is 19.8. The van der Waals surface area contributed by atoms with Gasteiger partial charge in [0, 0.05) is 16.3 Å². The minimum absolute atomic E-state index is 0.244. The van der Waals surface area contributed by atoms with Gasteiger partial charge >= 0.3 is 0 Å². The molecule has 32 heavy (non-hydrogen) atoms. The number of benzene rings is 3. The summed E-state index contributed by atoms with van der Waals surface area (Å²) in [5, 5.41) is 10.1. The molecule has 0 heterocycles. The standard InChI is InChI=1S/C29H28BrNO/c30-25-8-11-27(32)22(13-25)18-31-26-9-6-24(7-10-26)29-16-20-12-21(17-29)15-28(14-20,19-29)23-4-2-1-3-5-23/h1-11,13,18,20-21,32H,12,14-17,19H2/t20-,21+,28?,29?. The molecule has 3 aromatic rings. The van der Waals surface area contributed by atoms with Gasteiger partial charge in [0.15, 0.2) is 0 Å². The van der Waals surface area contributed by atoms with Crippen molar-refractivity contribution in [2.45, 2.75) is 49.4 Å². The normalized spacial score (nSPS) is 30.8. The first-order chi connectivity index (χ1) is 15.5. The van der Waals surface area contributed by atoms with Crippen LogP contribution in [-0.2, 0) is 10.8 Å². The SMILES string of the molecule is Oc1ccc(Br)cc1C=Nc1ccc(C23C[C@@H]4C[C@@H](CC(c5ccccc5)(C4)C2)C3)cc1. The van der Waals surface area contributed by atoms with Crippen molar-refractivity contribution in [1.29, 1.82) is 0 Å². The van der Waals surface area contributed by atoms with E-state index in [1.165, 1.54) is 44.1 Å². The van der Waals surface area contributed by atoms with Crippen molar-refractivity contribution in [3.8, 4) is 5.75 Å². The lowest BCUT2D eigenvalue weighted by Crippen LogP contribution is -2.55. The van der Waals surface area contributed by atoms with E-state index in [4.69, 9.17) is 0 Å². The molecule has 0 aromatic heterocycles. The number of aliphatic imine (C=N–C) groups is 1. The molecule has 0 radical (unpaired) electrons. The number of hydrogen-bond donors (Lipinski definition) is 1. The molecule has 4 saturated carbocycles. The average molecular weight is 486 g/mol. The fraction of sp³-hybridized carbons (Fsp3) is 0.345. The zero-order chi connectivity index (χ0) is 21.8. The summed E-state index contributed by atoms with van der Waals surface area (Å²) in [5.74, 6) is 1.95. The molecule has 0 spiro atoms. The summed E-state index contributed by atoms with van der Waals surface area (Å²) in [6.45, 7) is 0. The largest absolute Gasteiger partial charge is 0.507 e. The summed E-state index contributed by atoms with van der Waals surface area (Å²) in [6, 6.07) is 25.7. The van der Waals surface area contributed by atoms with Crippen LogP contribution in [0.2, 0.25) is 0 Å². The Morgan fingerprint density at radius 2 is 1.44 bits per heavy atom. The van der Waals surface area contributed by atoms with Crippen LogP contribution in [0.25, 0.3) is 0 Å². The first-order valence-corrected chi connectivity index (χ1v) is 12.5. The van der Waals surface area contributed by atoms with Crippen LogP contribution in [-0.4, -0.2) is 11.3 Å². The van der Waals surface area contributed by atoms with Crippen molar-refractivity contribution in [3.63, 3.8) is 0 Å². The maximum atomic E-state index is 10.1. The Morgan fingerprint density at radius 1 is 0.812 bits per heavy atom. The summed E-state index contributed by atoms with van der Waals surface area (Å²) in [5.41, 5.74) is 5.38. The number of phenolic OH excluding ortho intramolecular Hbond substituents is 1. The van der Waals surface area contributed by atoms with E-state index < -0.39 is 0 Å². The van der Waals surface area contributed by atoms with Gasteiger partial charge in [-0.1, -0.05) is 58.4 Å². The Hall–Kier alpha value is -2.39. The molecule has 4 fully saturated rings. The second kappa shape index (κ2) is 7.59. The van der Waals surface area contributed by atoms with Crippen LogP contribution >= 0.6 is 15.9 Å². The molecule has 4 bridgehead atoms. The molecule has 7 rings (SSSR count). The van der Waals surface area contributed by atoms with E-state index in [1.807, 2.05) is 12.1 Å². The quantitative estimate of drug-likeness (QED) is 0.377. The number of phenols is 1. The first kappa shape index (κ1) is 20.2. The fourth-order valence-corrected chi connectivity index (χ4v) is 7.78. The fourth-order valence-electron chi connectivity index (χ4n) is 7.40. The molecule has 1 N–H and O–H groups in total. The van der Waals surface area contributed by atoms with Crippen molar-refractivity contribution in [3.05, 3.63) is 94.0 Å². The van der Waals surface area contributed by atoms with Crippen LogP contribution < -0.4 is 0 Å². The second-order valence-electron chi connectivity index (χ2n) is 10.4. The van der Waals surface area contributed by atoms with Gasteiger partial charge in [-0.2, -0.15) is 0 Å². The molecular formula is C29H28BrNO. The predicted octanol–water partition coefficient (Wildman–Crippen LogP) is 7.69. The van der Waals surface area contributed by atoms with Crippen molar-refractivity contribution in [2.24, 2.45) is 16.8 Å². The lowest BCUT2D eigenvalue weighted by Gasteiger charge is -2.62. The molecular weight excluding hydrogens is 458 g/mol. The second-order valence-corrected chi connectivity index (χ2v) is 11.3. The van der Waals surface area contributed by atoms with Crippen LogP contribution in [0.1, 0.15) is 55.2 Å². The molecule has 4 aliphatic carbocycles. The minimum Gasteiger partial charge on any atom is -0.507 e. The highest BCUT2D eigenvalue weighted by molar-refractivity contribution is 9.10. The van der Waals surface area contributed by atoms with Gasteiger partial charge in [0.05, 0.1) is 5.69 Å². The van der Waals surface area contributed by atoms with Gasteiger partial charge in [0.2, 0.25) is 0 Å². The van der Waals surface area contributed by atoms with Gasteiger partial charge in [-0.15, -0.1) is 0 Å². The Morgan fingerprint density at radius 3 is 2.09 bits per heavy atom. The van der Waals surface area contributed by atoms with Crippen molar-refractivity contribution in [2.75, 3.05) is 0 Å². The topological polar surface area (TPSA) is 32.6 Å². The van der Waals surface area contributed by atoms with Gasteiger partial charge in [-0.25, -0.2) is 0 Å². The Kier molecular flexibility index (Phi) is 4.80. The third-order valence-electron chi connectivity index (χ3n) is 8.27. The molecule has 162 valence electrons. The minimum atomic E-state index is 0.244. The third-order valence-corrected chi connectivity index (χ3v) is 8.76. The maximum Gasteiger partial charge on any atom is 0.124 e. The Balaban J connectivity index is 1.29. The van der Waals surface area contributed by atoms with Crippen molar-refractivity contribution < 1.29 is 5.11 Å². The summed E-state index contributed by atoms with van der Waals surface area (Å²) < 4.78 is 0.932. The number of hydrogen-bond acceptors (Lipinski definition) is 2. The molecule has 2 nitrogen and oxygen atoms in total. The summed E-state index contributed by atoms with van der Waals surface area (Å²) >= 11 is 3.46. The molecule has 3 aromatic carbocycles. The van der Waals surface area contributed by atoms with Crippen LogP contribution in [0.15, 0.2) is 82.3 Å². The highest BCUT2D eigenvalue weighted by Crippen LogP contribution is 2.66. The van der Waals surface area contributed by atoms with Crippen LogP contribution in [0.3, 0.4) is 0 Å². The number of nitrogens with zero attached hydrogens (tertiary/aromatic N) is 1. The molecule has 4 atom stereocenters.